The van der Waals surface area contributed by atoms with Gasteiger partial charge in [0.25, 0.3) is 0 Å². The highest BCUT2D eigenvalue weighted by molar-refractivity contribution is 5.90. The molecule has 2 amide bonds. The molecule has 1 unspecified atom stereocenters. The Balaban J connectivity index is 1.06. The number of esters is 1. The first kappa shape index (κ1) is 47.0. The molecule has 0 saturated heterocycles. The van der Waals surface area contributed by atoms with E-state index in [1.54, 1.807) is 25.7 Å². The van der Waals surface area contributed by atoms with Crippen LogP contribution in [0.1, 0.15) is 104 Å². The smallest absolute Gasteiger partial charge is 0.407 e. The van der Waals surface area contributed by atoms with Gasteiger partial charge in [-0.15, -0.1) is 0 Å². The van der Waals surface area contributed by atoms with E-state index in [1.165, 1.54) is 27.8 Å². The average molecular weight is 899 g/mol. The van der Waals surface area contributed by atoms with Crippen LogP contribution in [0.25, 0.3) is 22.3 Å². The number of nitrogens with one attached hydrogen (secondary N) is 1. The topological polar surface area (TPSA) is 103 Å². The average Bonchev–Trinajstić information content (AvgIpc) is 3.83. The number of carbonyl (C=O) groups is 3. The summed E-state index contributed by atoms with van der Waals surface area (Å²) in [5, 5.41) is 2.83. The highest BCUT2D eigenvalue weighted by Crippen LogP contribution is 2.50. The minimum Gasteiger partial charge on any atom is -0.460 e. The molecule has 67 heavy (non-hydrogen) atoms. The molecule has 0 radical (unpaired) electrons. The molecule has 0 saturated carbocycles. The van der Waals surface area contributed by atoms with E-state index in [9.17, 15) is 9.59 Å². The Labute approximate surface area is 395 Å². The molecule has 0 fully saturated rings. The van der Waals surface area contributed by atoms with E-state index in [-0.39, 0.29) is 37.5 Å². The number of hydrogen-bond donors (Lipinski definition) is 1. The van der Waals surface area contributed by atoms with E-state index in [2.05, 4.69) is 108 Å². The zero-order valence-corrected chi connectivity index (χ0v) is 39.3. The van der Waals surface area contributed by atoms with Crippen LogP contribution in [-0.2, 0) is 35.0 Å². The van der Waals surface area contributed by atoms with Crippen molar-refractivity contribution in [1.82, 2.24) is 10.2 Å². The summed E-state index contributed by atoms with van der Waals surface area (Å²) in [5.41, 5.74) is 12.2. The van der Waals surface area contributed by atoms with E-state index >= 15 is 4.79 Å². The summed E-state index contributed by atoms with van der Waals surface area (Å²) in [6.07, 6.45) is -0.616. The monoisotopic (exact) mass is 898 g/mol. The molecule has 6 aromatic rings. The molecule has 0 bridgehead atoms. The van der Waals surface area contributed by atoms with Crippen molar-refractivity contribution in [1.29, 1.82) is 0 Å². The molecular weight excluding hydrogens is 837 g/mol. The third-order valence-corrected chi connectivity index (χ3v) is 12.8. The van der Waals surface area contributed by atoms with E-state index in [0.29, 0.717) is 19.6 Å². The van der Waals surface area contributed by atoms with Crippen LogP contribution in [0.3, 0.4) is 0 Å². The van der Waals surface area contributed by atoms with Gasteiger partial charge < -0.3 is 29.2 Å². The molecular formula is C58H62N2O7. The second kappa shape index (κ2) is 21.4. The fourth-order valence-corrected chi connectivity index (χ4v) is 10.0. The number of fused-ring (bicyclic) bond motifs is 6. The molecule has 8 rings (SSSR count). The first-order chi connectivity index (χ1) is 32.5. The van der Waals surface area contributed by atoms with Gasteiger partial charge in [-0.3, -0.25) is 9.59 Å². The summed E-state index contributed by atoms with van der Waals surface area (Å²) >= 11 is 0. The lowest BCUT2D eigenvalue weighted by Crippen LogP contribution is -2.52. The molecule has 1 N–H and O–H groups in total. The maximum absolute atomic E-state index is 15.0. The molecule has 0 aromatic heterocycles. The Hall–Kier alpha value is -6.55. The van der Waals surface area contributed by atoms with E-state index in [4.69, 9.17) is 18.9 Å². The lowest BCUT2D eigenvalue weighted by Gasteiger charge is -2.32. The van der Waals surface area contributed by atoms with Crippen molar-refractivity contribution in [2.45, 2.75) is 89.6 Å². The maximum atomic E-state index is 15.0. The molecule has 9 heteroatoms. The van der Waals surface area contributed by atoms with Gasteiger partial charge >= 0.3 is 12.1 Å². The lowest BCUT2D eigenvalue weighted by molar-refractivity contribution is -0.163. The highest BCUT2D eigenvalue weighted by atomic mass is 16.7. The van der Waals surface area contributed by atoms with Crippen LogP contribution in [-0.4, -0.2) is 73.7 Å². The number of benzene rings is 6. The predicted molar refractivity (Wildman–Crippen MR) is 263 cm³/mol. The summed E-state index contributed by atoms with van der Waals surface area (Å²) in [6.45, 7) is 10.2. The Bertz CT molecular complexity index is 2550. The van der Waals surface area contributed by atoms with E-state index < -0.39 is 42.3 Å². The van der Waals surface area contributed by atoms with Crippen LogP contribution in [0, 0.1) is 0 Å². The molecule has 6 aromatic carbocycles. The van der Waals surface area contributed by atoms with Crippen molar-refractivity contribution in [2.75, 3.05) is 32.9 Å². The molecule has 2 aliphatic rings. The van der Waals surface area contributed by atoms with Crippen LogP contribution >= 0.6 is 0 Å². The Morgan fingerprint density at radius 3 is 1.69 bits per heavy atom. The largest absolute Gasteiger partial charge is 0.460 e. The van der Waals surface area contributed by atoms with Crippen molar-refractivity contribution >= 4 is 18.0 Å². The first-order valence-corrected chi connectivity index (χ1v) is 23.7. The van der Waals surface area contributed by atoms with Crippen molar-refractivity contribution in [2.24, 2.45) is 0 Å². The maximum Gasteiger partial charge on any atom is 0.407 e. The molecule has 346 valence electrons. The molecule has 2 aliphatic carbocycles. The van der Waals surface area contributed by atoms with Gasteiger partial charge in [0.2, 0.25) is 5.91 Å². The van der Waals surface area contributed by atoms with Crippen LogP contribution in [0.2, 0.25) is 0 Å². The second-order valence-electron chi connectivity index (χ2n) is 18.3. The summed E-state index contributed by atoms with van der Waals surface area (Å²) in [7, 11) is 0. The molecule has 0 aliphatic heterocycles. The van der Waals surface area contributed by atoms with Gasteiger partial charge in [-0.25, -0.2) is 4.79 Å². The number of carbonyl (C=O) groups excluding carboxylic acids is 3. The number of hydrogen-bond acceptors (Lipinski definition) is 7. The Kier molecular flexibility index (Phi) is 15.0. The van der Waals surface area contributed by atoms with Crippen LogP contribution < -0.4 is 5.32 Å². The second-order valence-corrected chi connectivity index (χ2v) is 18.3. The number of ether oxygens (including phenoxy) is 4. The zero-order chi connectivity index (χ0) is 46.9. The lowest BCUT2D eigenvalue weighted by atomic mass is 9.85. The third-order valence-electron chi connectivity index (χ3n) is 12.8. The van der Waals surface area contributed by atoms with Crippen molar-refractivity contribution < 1.29 is 33.3 Å². The van der Waals surface area contributed by atoms with Gasteiger partial charge in [0.05, 0.1) is 13.0 Å². The van der Waals surface area contributed by atoms with E-state index in [1.807, 2.05) is 62.4 Å². The predicted octanol–water partition coefficient (Wildman–Crippen LogP) is 11.4. The molecule has 9 nitrogen and oxygen atoms in total. The molecule has 0 spiro atoms. The van der Waals surface area contributed by atoms with Crippen molar-refractivity contribution in [3.05, 3.63) is 191 Å². The Morgan fingerprint density at radius 1 is 0.627 bits per heavy atom. The third kappa shape index (κ3) is 11.0. The summed E-state index contributed by atoms with van der Waals surface area (Å²) in [4.78, 5) is 44.5. The van der Waals surface area contributed by atoms with Crippen molar-refractivity contribution in [3.63, 3.8) is 0 Å². The van der Waals surface area contributed by atoms with Gasteiger partial charge in [0.1, 0.15) is 18.2 Å². The van der Waals surface area contributed by atoms with E-state index in [0.717, 1.165) is 39.8 Å². The minimum absolute atomic E-state index is 0.0222. The van der Waals surface area contributed by atoms with Gasteiger partial charge in [0.15, 0.2) is 6.29 Å². The van der Waals surface area contributed by atoms with Crippen LogP contribution in [0.15, 0.2) is 152 Å². The summed E-state index contributed by atoms with van der Waals surface area (Å²) in [6, 6.07) is 51.1. The quantitative estimate of drug-likeness (QED) is 0.0638. The fourth-order valence-electron chi connectivity index (χ4n) is 10.0. The standard InChI is InChI=1S/C58H62N2O7/c1-6-64-54(65-7-2)37-60(34-33-42(39-21-10-8-11-22-39)40-23-12-9-13-24-40)56(62)52(36-53(61)67-58(3,4)5)59-57(63)66-38-51-48-31-19-16-28-45(48)49-32-20-25-41(55(49)51)35-50-46-29-17-14-26-43(46)44-27-15-18-30-47(44)50/h8-32,42,50-52,54H,6-7,33-38H2,1-5H3,(H,59,63)/t51?,52-/m0/s1. The summed E-state index contributed by atoms with van der Waals surface area (Å²) in [5.74, 6) is -1.23. The van der Waals surface area contributed by atoms with Crippen LogP contribution in [0.4, 0.5) is 4.79 Å². The number of alkyl carbamates (subject to hydrolysis) is 1. The zero-order valence-electron chi connectivity index (χ0n) is 39.3. The van der Waals surface area contributed by atoms with Gasteiger partial charge in [-0.1, -0.05) is 152 Å². The van der Waals surface area contributed by atoms with Gasteiger partial charge in [0, 0.05) is 37.5 Å². The number of nitrogens with zero attached hydrogens (tertiary/aromatic N) is 1. The number of rotatable bonds is 19. The minimum atomic E-state index is -1.31. The first-order valence-electron chi connectivity index (χ1n) is 23.7. The fraction of sp³-hybridized carbons (Fsp3) is 0.328. The van der Waals surface area contributed by atoms with Crippen LogP contribution in [0.5, 0.6) is 0 Å². The molecule has 2 atom stereocenters. The highest BCUT2D eigenvalue weighted by Gasteiger charge is 2.37. The normalized spacial score (nSPS) is 14.2. The number of amides is 2. The van der Waals surface area contributed by atoms with Crippen molar-refractivity contribution in [3.8, 4) is 22.3 Å². The Morgan fingerprint density at radius 2 is 1.13 bits per heavy atom. The summed E-state index contributed by atoms with van der Waals surface area (Å²) < 4.78 is 23.8. The van der Waals surface area contributed by atoms with Gasteiger partial charge in [-0.05, 0) is 109 Å². The van der Waals surface area contributed by atoms with Gasteiger partial charge in [-0.2, -0.15) is 0 Å². The SMILES string of the molecule is CCOC(CN(CCC(c1ccccc1)c1ccccc1)C(=O)[C@H](CC(=O)OC(C)(C)C)NC(=O)OCC1c2ccccc2-c2cccc(CC3c4ccccc4-c4ccccc43)c21)OCC. The molecule has 0 heterocycles.